The maximum atomic E-state index is 12.0. The number of carbonyl (C=O) groups is 1. The highest BCUT2D eigenvalue weighted by Gasteiger charge is 2.24. The SMILES string of the molecule is CCc1nccn1C(=O)C1CCCC1. The van der Waals surface area contributed by atoms with Gasteiger partial charge in [0, 0.05) is 24.7 Å². The van der Waals surface area contributed by atoms with E-state index in [1.165, 1.54) is 12.8 Å². The number of hydrogen-bond donors (Lipinski definition) is 0. The molecule has 0 aromatic carbocycles. The minimum atomic E-state index is 0.245. The van der Waals surface area contributed by atoms with E-state index in [4.69, 9.17) is 0 Å². The summed E-state index contributed by atoms with van der Waals surface area (Å²) in [5.41, 5.74) is 0. The maximum Gasteiger partial charge on any atom is 0.235 e. The van der Waals surface area contributed by atoms with Crippen molar-refractivity contribution in [3.63, 3.8) is 0 Å². The Morgan fingerprint density at radius 3 is 2.93 bits per heavy atom. The van der Waals surface area contributed by atoms with Crippen molar-refractivity contribution in [2.24, 2.45) is 5.92 Å². The van der Waals surface area contributed by atoms with Crippen LogP contribution >= 0.6 is 0 Å². The lowest BCUT2D eigenvalue weighted by atomic mass is 10.1. The number of aromatic nitrogens is 2. The average Bonchev–Trinajstić information content (AvgIpc) is 2.87. The second-order valence-electron chi connectivity index (χ2n) is 3.89. The molecule has 0 bridgehead atoms. The molecule has 1 aliphatic rings. The zero-order valence-electron chi connectivity index (χ0n) is 8.57. The Labute approximate surface area is 84.1 Å². The van der Waals surface area contributed by atoms with Crippen LogP contribution in [0, 0.1) is 5.92 Å². The van der Waals surface area contributed by atoms with E-state index < -0.39 is 0 Å². The van der Waals surface area contributed by atoms with Crippen LogP contribution in [0.25, 0.3) is 0 Å². The summed E-state index contributed by atoms with van der Waals surface area (Å²) in [5, 5.41) is 0. The smallest absolute Gasteiger partial charge is 0.235 e. The first-order valence-electron chi connectivity index (χ1n) is 5.39. The summed E-state index contributed by atoms with van der Waals surface area (Å²) < 4.78 is 1.73. The minimum absolute atomic E-state index is 0.245. The van der Waals surface area contributed by atoms with Gasteiger partial charge in [-0.15, -0.1) is 0 Å². The van der Waals surface area contributed by atoms with Crippen molar-refractivity contribution in [2.45, 2.75) is 39.0 Å². The predicted molar refractivity (Wildman–Crippen MR) is 54.2 cm³/mol. The van der Waals surface area contributed by atoms with Crippen molar-refractivity contribution in [1.82, 2.24) is 9.55 Å². The summed E-state index contributed by atoms with van der Waals surface area (Å²) in [6.07, 6.45) is 8.84. The van der Waals surface area contributed by atoms with Crippen molar-refractivity contribution in [2.75, 3.05) is 0 Å². The molecule has 1 saturated carbocycles. The topological polar surface area (TPSA) is 34.9 Å². The van der Waals surface area contributed by atoms with E-state index in [0.717, 1.165) is 25.1 Å². The van der Waals surface area contributed by atoms with Gasteiger partial charge in [0.2, 0.25) is 5.91 Å². The van der Waals surface area contributed by atoms with E-state index >= 15 is 0 Å². The van der Waals surface area contributed by atoms with Crippen molar-refractivity contribution in [3.05, 3.63) is 18.2 Å². The van der Waals surface area contributed by atoms with E-state index in [1.54, 1.807) is 17.0 Å². The largest absolute Gasteiger partial charge is 0.274 e. The van der Waals surface area contributed by atoms with E-state index in [-0.39, 0.29) is 11.8 Å². The fourth-order valence-corrected chi connectivity index (χ4v) is 2.17. The van der Waals surface area contributed by atoms with E-state index in [2.05, 4.69) is 4.98 Å². The van der Waals surface area contributed by atoms with Gasteiger partial charge in [-0.05, 0) is 12.8 Å². The van der Waals surface area contributed by atoms with Gasteiger partial charge in [-0.3, -0.25) is 9.36 Å². The first-order chi connectivity index (χ1) is 6.83. The van der Waals surface area contributed by atoms with Crippen LogP contribution < -0.4 is 0 Å². The molecule has 0 spiro atoms. The third kappa shape index (κ3) is 1.59. The number of carbonyl (C=O) groups excluding carboxylic acids is 1. The fraction of sp³-hybridized carbons (Fsp3) is 0.636. The first-order valence-corrected chi connectivity index (χ1v) is 5.39. The molecule has 0 amide bonds. The number of imidazole rings is 1. The standard InChI is InChI=1S/C11H16N2O/c1-2-10-12-7-8-13(10)11(14)9-5-3-4-6-9/h7-9H,2-6H2,1H3. The molecule has 1 fully saturated rings. The van der Waals surface area contributed by atoms with Crippen LogP contribution in [-0.2, 0) is 6.42 Å². The van der Waals surface area contributed by atoms with Crippen LogP contribution in [0.15, 0.2) is 12.4 Å². The predicted octanol–water partition coefficient (Wildman–Crippen LogP) is 2.28. The Hall–Kier alpha value is -1.12. The highest BCUT2D eigenvalue weighted by atomic mass is 16.2. The molecule has 3 nitrogen and oxygen atoms in total. The Kier molecular flexibility index (Phi) is 2.66. The van der Waals surface area contributed by atoms with Gasteiger partial charge in [0.1, 0.15) is 5.82 Å². The molecule has 0 radical (unpaired) electrons. The quantitative estimate of drug-likeness (QED) is 0.720. The maximum absolute atomic E-state index is 12.0. The monoisotopic (exact) mass is 192 g/mol. The highest BCUT2D eigenvalue weighted by Crippen LogP contribution is 2.26. The Morgan fingerprint density at radius 1 is 1.57 bits per heavy atom. The first kappa shape index (κ1) is 9.44. The van der Waals surface area contributed by atoms with Crippen LogP contribution in [0.2, 0.25) is 0 Å². The molecule has 1 aromatic rings. The molecule has 0 unspecified atom stereocenters. The highest BCUT2D eigenvalue weighted by molar-refractivity contribution is 5.82. The van der Waals surface area contributed by atoms with Crippen molar-refractivity contribution < 1.29 is 4.79 Å². The lowest BCUT2D eigenvalue weighted by molar-refractivity contribution is 0.0833. The molecule has 0 N–H and O–H groups in total. The summed E-state index contributed by atoms with van der Waals surface area (Å²) in [6.45, 7) is 2.03. The second kappa shape index (κ2) is 3.95. The zero-order valence-corrected chi connectivity index (χ0v) is 8.57. The zero-order chi connectivity index (χ0) is 9.97. The summed E-state index contributed by atoms with van der Waals surface area (Å²) in [4.78, 5) is 16.2. The van der Waals surface area contributed by atoms with E-state index in [0.29, 0.717) is 0 Å². The fourth-order valence-electron chi connectivity index (χ4n) is 2.17. The minimum Gasteiger partial charge on any atom is -0.274 e. The van der Waals surface area contributed by atoms with Gasteiger partial charge >= 0.3 is 0 Å². The molecule has 0 atom stereocenters. The second-order valence-corrected chi connectivity index (χ2v) is 3.89. The summed E-state index contributed by atoms with van der Waals surface area (Å²) in [6, 6.07) is 0. The van der Waals surface area contributed by atoms with Gasteiger partial charge in [0.15, 0.2) is 0 Å². The molecule has 3 heteroatoms. The molecule has 1 heterocycles. The van der Waals surface area contributed by atoms with Gasteiger partial charge in [0.05, 0.1) is 0 Å². The van der Waals surface area contributed by atoms with Gasteiger partial charge in [-0.2, -0.15) is 0 Å². The van der Waals surface area contributed by atoms with Crippen LogP contribution in [0.1, 0.15) is 43.2 Å². The number of aryl methyl sites for hydroxylation is 1. The molecular weight excluding hydrogens is 176 g/mol. The van der Waals surface area contributed by atoms with Crippen LogP contribution in [0.4, 0.5) is 0 Å². The van der Waals surface area contributed by atoms with Gasteiger partial charge in [-0.25, -0.2) is 4.98 Å². The lowest BCUT2D eigenvalue weighted by Gasteiger charge is -2.10. The van der Waals surface area contributed by atoms with E-state index in [1.807, 2.05) is 6.92 Å². The molecule has 1 aliphatic carbocycles. The number of rotatable bonds is 2. The summed E-state index contributed by atoms with van der Waals surface area (Å²) in [5.74, 6) is 1.38. The van der Waals surface area contributed by atoms with Crippen molar-refractivity contribution >= 4 is 5.91 Å². The van der Waals surface area contributed by atoms with Crippen molar-refractivity contribution in [1.29, 1.82) is 0 Å². The molecule has 2 rings (SSSR count). The third-order valence-electron chi connectivity index (χ3n) is 2.98. The van der Waals surface area contributed by atoms with Crippen LogP contribution in [0.3, 0.4) is 0 Å². The lowest BCUT2D eigenvalue weighted by Crippen LogP contribution is -2.20. The number of hydrogen-bond acceptors (Lipinski definition) is 2. The molecular formula is C11H16N2O. The molecule has 1 aromatic heterocycles. The van der Waals surface area contributed by atoms with Crippen LogP contribution in [-0.4, -0.2) is 15.5 Å². The Morgan fingerprint density at radius 2 is 2.29 bits per heavy atom. The van der Waals surface area contributed by atoms with Gasteiger partial charge < -0.3 is 0 Å². The summed E-state index contributed by atoms with van der Waals surface area (Å²) in [7, 11) is 0. The van der Waals surface area contributed by atoms with Crippen molar-refractivity contribution in [3.8, 4) is 0 Å². The average molecular weight is 192 g/mol. The Bertz CT molecular complexity index is 324. The summed E-state index contributed by atoms with van der Waals surface area (Å²) >= 11 is 0. The normalized spacial score (nSPS) is 17.5. The number of nitrogens with zero attached hydrogens (tertiary/aromatic N) is 2. The molecule has 14 heavy (non-hydrogen) atoms. The molecule has 76 valence electrons. The van der Waals surface area contributed by atoms with Gasteiger partial charge in [-0.1, -0.05) is 19.8 Å². The van der Waals surface area contributed by atoms with Gasteiger partial charge in [0.25, 0.3) is 0 Å². The van der Waals surface area contributed by atoms with E-state index in [9.17, 15) is 4.79 Å². The molecule has 0 aliphatic heterocycles. The third-order valence-corrected chi connectivity index (χ3v) is 2.98. The molecule has 0 saturated heterocycles. The van der Waals surface area contributed by atoms with Crippen LogP contribution in [0.5, 0.6) is 0 Å². The Balaban J connectivity index is 2.17.